The molecule has 2 aliphatic rings. The van der Waals surface area contributed by atoms with Crippen molar-refractivity contribution in [3.63, 3.8) is 0 Å². The van der Waals surface area contributed by atoms with Gasteiger partial charge < -0.3 is 5.73 Å². The highest BCUT2D eigenvalue weighted by Crippen LogP contribution is 2.44. The van der Waals surface area contributed by atoms with Gasteiger partial charge in [0.25, 0.3) is 0 Å². The zero-order chi connectivity index (χ0) is 11.8. The van der Waals surface area contributed by atoms with Crippen LogP contribution in [0.15, 0.2) is 0 Å². The van der Waals surface area contributed by atoms with Crippen LogP contribution in [0.2, 0.25) is 0 Å². The minimum atomic E-state index is 0.511. The number of nitrogens with two attached hydrogens (primary N) is 1. The zero-order valence-electron chi connectivity index (χ0n) is 10.2. The van der Waals surface area contributed by atoms with Gasteiger partial charge in [0, 0.05) is 35.4 Å². The number of rotatable bonds is 3. The maximum atomic E-state index is 5.85. The van der Waals surface area contributed by atoms with E-state index in [-0.39, 0.29) is 0 Å². The van der Waals surface area contributed by atoms with Crippen molar-refractivity contribution < 1.29 is 0 Å². The summed E-state index contributed by atoms with van der Waals surface area (Å²) in [7, 11) is 2.21. The summed E-state index contributed by atoms with van der Waals surface area (Å²) in [5.74, 6) is 3.15. The molecule has 1 aliphatic heterocycles. The Morgan fingerprint density at radius 3 is 2.94 bits per heavy atom. The van der Waals surface area contributed by atoms with Crippen molar-refractivity contribution in [2.45, 2.75) is 31.3 Å². The van der Waals surface area contributed by atoms with Gasteiger partial charge in [-0.3, -0.25) is 4.90 Å². The fraction of sp³-hybridized carbons (Fsp3) is 0.750. The molecular formula is C12H19N3S2. The molecule has 1 aromatic rings. The molecule has 3 nitrogen and oxygen atoms in total. The van der Waals surface area contributed by atoms with Gasteiger partial charge in [-0.05, 0) is 19.9 Å². The van der Waals surface area contributed by atoms with Gasteiger partial charge in [0.1, 0.15) is 5.01 Å². The Bertz CT molecular complexity index is 400. The van der Waals surface area contributed by atoms with E-state index in [4.69, 9.17) is 10.7 Å². The van der Waals surface area contributed by atoms with E-state index in [9.17, 15) is 0 Å². The summed E-state index contributed by atoms with van der Waals surface area (Å²) in [6.07, 6.45) is 2.62. The van der Waals surface area contributed by atoms with Crippen LogP contribution >= 0.6 is 23.1 Å². The van der Waals surface area contributed by atoms with Crippen LogP contribution in [-0.4, -0.2) is 35.0 Å². The molecule has 0 radical (unpaired) electrons. The maximum absolute atomic E-state index is 5.85. The maximum Gasteiger partial charge on any atom is 0.111 e. The summed E-state index contributed by atoms with van der Waals surface area (Å²) in [5.41, 5.74) is 7.16. The van der Waals surface area contributed by atoms with Crippen molar-refractivity contribution in [1.29, 1.82) is 0 Å². The van der Waals surface area contributed by atoms with Crippen molar-refractivity contribution in [1.82, 2.24) is 9.88 Å². The third-order valence-electron chi connectivity index (χ3n) is 3.57. The molecule has 1 aliphatic carbocycles. The van der Waals surface area contributed by atoms with Gasteiger partial charge in [0.05, 0.1) is 11.7 Å². The smallest absolute Gasteiger partial charge is 0.111 e. The Morgan fingerprint density at radius 1 is 1.47 bits per heavy atom. The summed E-state index contributed by atoms with van der Waals surface area (Å²) in [4.78, 5) is 8.66. The first kappa shape index (κ1) is 12.0. The van der Waals surface area contributed by atoms with Crippen LogP contribution in [0.1, 0.15) is 40.4 Å². The second kappa shape index (κ2) is 4.88. The molecular weight excluding hydrogens is 250 g/mol. The molecule has 0 spiro atoms. The number of hydrogen-bond donors (Lipinski definition) is 1. The Balaban J connectivity index is 1.86. The fourth-order valence-electron chi connectivity index (χ4n) is 2.29. The Labute approximate surface area is 111 Å². The predicted molar refractivity (Wildman–Crippen MR) is 74.7 cm³/mol. The lowest BCUT2D eigenvalue weighted by atomic mass is 10.2. The SMILES string of the molecule is CN1CCSCC1c1nc(C2CC2)c(CN)s1. The van der Waals surface area contributed by atoms with Gasteiger partial charge in [-0.25, -0.2) is 4.98 Å². The number of thiazole rings is 1. The van der Waals surface area contributed by atoms with Crippen molar-refractivity contribution in [3.05, 3.63) is 15.6 Å². The van der Waals surface area contributed by atoms with Crippen molar-refractivity contribution in [3.8, 4) is 0 Å². The largest absolute Gasteiger partial charge is 0.326 e. The first-order valence-corrected chi connectivity index (χ1v) is 8.24. The lowest BCUT2D eigenvalue weighted by Gasteiger charge is -2.30. The number of thioether (sulfide) groups is 1. The molecule has 17 heavy (non-hydrogen) atoms. The Morgan fingerprint density at radius 2 is 2.29 bits per heavy atom. The summed E-state index contributed by atoms with van der Waals surface area (Å²) in [6, 6.07) is 0.511. The fourth-order valence-corrected chi connectivity index (χ4v) is 4.81. The van der Waals surface area contributed by atoms with Crippen LogP contribution in [0.25, 0.3) is 0 Å². The monoisotopic (exact) mass is 269 g/mol. The van der Waals surface area contributed by atoms with Crippen LogP contribution in [0.3, 0.4) is 0 Å². The van der Waals surface area contributed by atoms with Crippen LogP contribution in [0, 0.1) is 0 Å². The normalized spacial score (nSPS) is 26.4. The van der Waals surface area contributed by atoms with Gasteiger partial charge >= 0.3 is 0 Å². The van der Waals surface area contributed by atoms with Crippen LogP contribution in [0.5, 0.6) is 0 Å². The quantitative estimate of drug-likeness (QED) is 0.913. The molecule has 1 saturated carbocycles. The van der Waals surface area contributed by atoms with Crippen molar-refractivity contribution in [2.75, 3.05) is 25.1 Å². The number of aromatic nitrogens is 1. The van der Waals surface area contributed by atoms with E-state index < -0.39 is 0 Å². The molecule has 1 unspecified atom stereocenters. The number of nitrogens with zero attached hydrogens (tertiary/aromatic N) is 2. The third-order valence-corrected chi connectivity index (χ3v) is 5.79. The molecule has 2 heterocycles. The summed E-state index contributed by atoms with van der Waals surface area (Å²) >= 11 is 3.89. The molecule has 94 valence electrons. The minimum absolute atomic E-state index is 0.511. The summed E-state index contributed by atoms with van der Waals surface area (Å²) in [6.45, 7) is 1.83. The standard InChI is InChI=1S/C12H19N3S2/c1-15-4-5-16-7-9(15)12-14-11(8-2-3-8)10(6-13)17-12/h8-9H,2-7,13H2,1H3. The molecule has 1 atom stereocenters. The van der Waals surface area contributed by atoms with E-state index in [0.29, 0.717) is 12.6 Å². The molecule has 3 rings (SSSR count). The summed E-state index contributed by atoms with van der Waals surface area (Å²) in [5, 5.41) is 1.29. The second-order valence-corrected chi connectivity index (χ2v) is 7.18. The molecule has 1 saturated heterocycles. The average molecular weight is 269 g/mol. The van der Waals surface area contributed by atoms with Crippen molar-refractivity contribution >= 4 is 23.1 Å². The predicted octanol–water partition coefficient (Wildman–Crippen LogP) is 2.20. The molecule has 2 N–H and O–H groups in total. The van der Waals surface area contributed by atoms with Crippen molar-refractivity contribution in [2.24, 2.45) is 5.73 Å². The average Bonchev–Trinajstić information content (AvgIpc) is 3.10. The highest BCUT2D eigenvalue weighted by atomic mass is 32.2. The highest BCUT2D eigenvalue weighted by molar-refractivity contribution is 7.99. The van der Waals surface area contributed by atoms with E-state index in [1.165, 1.54) is 46.5 Å². The lowest BCUT2D eigenvalue weighted by Crippen LogP contribution is -2.32. The van der Waals surface area contributed by atoms with E-state index in [1.807, 2.05) is 23.1 Å². The molecule has 0 bridgehead atoms. The molecule has 2 fully saturated rings. The van der Waals surface area contributed by atoms with E-state index in [0.717, 1.165) is 5.92 Å². The minimum Gasteiger partial charge on any atom is -0.326 e. The molecule has 5 heteroatoms. The zero-order valence-corrected chi connectivity index (χ0v) is 11.8. The van der Waals surface area contributed by atoms with Gasteiger partial charge in [0.2, 0.25) is 0 Å². The first-order chi connectivity index (χ1) is 8.29. The van der Waals surface area contributed by atoms with Gasteiger partial charge in [-0.15, -0.1) is 11.3 Å². The Kier molecular flexibility index (Phi) is 3.43. The topological polar surface area (TPSA) is 42.2 Å². The molecule has 0 aromatic carbocycles. The van der Waals surface area contributed by atoms with Crippen LogP contribution in [0.4, 0.5) is 0 Å². The molecule has 0 amide bonds. The van der Waals surface area contributed by atoms with E-state index in [1.54, 1.807) is 0 Å². The Hall–Kier alpha value is -0.100. The van der Waals surface area contributed by atoms with Gasteiger partial charge in [0.15, 0.2) is 0 Å². The second-order valence-electron chi connectivity index (χ2n) is 4.91. The third kappa shape index (κ3) is 2.38. The van der Waals surface area contributed by atoms with Crippen LogP contribution in [-0.2, 0) is 6.54 Å². The van der Waals surface area contributed by atoms with Gasteiger partial charge in [-0.1, -0.05) is 0 Å². The van der Waals surface area contributed by atoms with Gasteiger partial charge in [-0.2, -0.15) is 11.8 Å². The molecule has 1 aromatic heterocycles. The van der Waals surface area contributed by atoms with Crippen LogP contribution < -0.4 is 5.73 Å². The lowest BCUT2D eigenvalue weighted by molar-refractivity contribution is 0.274. The van der Waals surface area contributed by atoms with E-state index in [2.05, 4.69) is 11.9 Å². The first-order valence-electron chi connectivity index (χ1n) is 6.27. The summed E-state index contributed by atoms with van der Waals surface area (Å²) < 4.78 is 0. The highest BCUT2D eigenvalue weighted by Gasteiger charge is 2.32. The van der Waals surface area contributed by atoms with E-state index >= 15 is 0 Å². The number of hydrogen-bond acceptors (Lipinski definition) is 5.